The number of thioether (sulfide) groups is 2. The van der Waals surface area contributed by atoms with Crippen molar-refractivity contribution in [1.82, 2.24) is 10.1 Å². The van der Waals surface area contributed by atoms with E-state index in [1.807, 2.05) is 23.5 Å². The molecule has 0 amide bonds. The Morgan fingerprint density at radius 2 is 2.15 bits per heavy atom. The first-order valence-corrected chi connectivity index (χ1v) is 8.75. The van der Waals surface area contributed by atoms with Crippen LogP contribution in [0.4, 0.5) is 5.69 Å². The molecule has 2 N–H and O–H groups in total. The first kappa shape index (κ1) is 14.1. The summed E-state index contributed by atoms with van der Waals surface area (Å²) in [6.07, 6.45) is 0. The number of benzene rings is 1. The van der Waals surface area contributed by atoms with Gasteiger partial charge in [-0.25, -0.2) is 0 Å². The fourth-order valence-corrected chi connectivity index (χ4v) is 4.96. The van der Waals surface area contributed by atoms with Crippen LogP contribution in [0.3, 0.4) is 0 Å². The lowest BCUT2D eigenvalue weighted by molar-refractivity contribution is 0.422. The molecule has 7 heteroatoms. The summed E-state index contributed by atoms with van der Waals surface area (Å²) < 4.78 is 5.36. The lowest BCUT2D eigenvalue weighted by Crippen LogP contribution is -2.16. The molecule has 2 heterocycles. The molecular formula is C13H14ClN3OS2. The summed E-state index contributed by atoms with van der Waals surface area (Å²) in [4.78, 5) is 4.50. The van der Waals surface area contributed by atoms with Crippen LogP contribution in [0.5, 0.6) is 0 Å². The van der Waals surface area contributed by atoms with Crippen molar-refractivity contribution < 1.29 is 4.52 Å². The van der Waals surface area contributed by atoms with Crippen LogP contribution >= 0.6 is 35.1 Å². The molecule has 0 bridgehead atoms. The minimum atomic E-state index is 0.270. The third kappa shape index (κ3) is 2.77. The number of nitrogens with two attached hydrogens (primary N) is 1. The van der Waals surface area contributed by atoms with Gasteiger partial charge in [0.2, 0.25) is 0 Å². The lowest BCUT2D eigenvalue weighted by atomic mass is 10.2. The molecule has 0 spiro atoms. The molecule has 0 saturated carbocycles. The minimum Gasteiger partial charge on any atom is -0.399 e. The summed E-state index contributed by atoms with van der Waals surface area (Å²) in [6, 6.07) is 5.24. The topological polar surface area (TPSA) is 64.9 Å². The number of rotatable bonds is 2. The zero-order valence-corrected chi connectivity index (χ0v) is 13.3. The van der Waals surface area contributed by atoms with Gasteiger partial charge in [-0.2, -0.15) is 16.7 Å². The number of hydrogen-bond donors (Lipinski definition) is 1. The van der Waals surface area contributed by atoms with Crippen molar-refractivity contribution in [1.29, 1.82) is 0 Å². The second-order valence-corrected chi connectivity index (χ2v) is 7.71. The van der Waals surface area contributed by atoms with E-state index in [4.69, 9.17) is 21.9 Å². The molecule has 0 aliphatic carbocycles. The number of nitrogen functional groups attached to an aromatic ring is 1. The quantitative estimate of drug-likeness (QED) is 0.844. The third-order valence-electron chi connectivity index (χ3n) is 3.10. The number of anilines is 1. The lowest BCUT2D eigenvalue weighted by Gasteiger charge is -2.24. The van der Waals surface area contributed by atoms with E-state index in [0.29, 0.717) is 27.4 Å². The second kappa shape index (κ2) is 5.87. The predicted octanol–water partition coefficient (Wildman–Crippen LogP) is 3.88. The Hall–Kier alpha value is -0.850. The zero-order valence-electron chi connectivity index (χ0n) is 10.9. The molecule has 3 rings (SSSR count). The summed E-state index contributed by atoms with van der Waals surface area (Å²) >= 11 is 9.98. The highest BCUT2D eigenvalue weighted by atomic mass is 35.5. The van der Waals surface area contributed by atoms with Crippen molar-refractivity contribution in [2.24, 2.45) is 0 Å². The predicted molar refractivity (Wildman–Crippen MR) is 86.3 cm³/mol. The van der Waals surface area contributed by atoms with Crippen LogP contribution in [-0.4, -0.2) is 26.9 Å². The van der Waals surface area contributed by atoms with Crippen molar-refractivity contribution in [2.75, 3.05) is 17.2 Å². The Morgan fingerprint density at radius 1 is 1.35 bits per heavy atom. The molecule has 1 fully saturated rings. The van der Waals surface area contributed by atoms with Gasteiger partial charge in [-0.05, 0) is 18.2 Å². The fourth-order valence-electron chi connectivity index (χ4n) is 2.08. The number of nitrogens with zero attached hydrogens (tertiary/aromatic N) is 2. The van der Waals surface area contributed by atoms with Gasteiger partial charge in [-0.1, -0.05) is 23.7 Å². The SMILES string of the molecule is CC1SCCSC1c1noc(-c2cc(N)ccc2Cl)n1. The normalized spacial score (nSPS) is 22.9. The molecule has 2 aromatic rings. The molecule has 1 aromatic carbocycles. The van der Waals surface area contributed by atoms with Gasteiger partial charge in [-0.15, -0.1) is 11.8 Å². The maximum Gasteiger partial charge on any atom is 0.259 e. The summed E-state index contributed by atoms with van der Waals surface area (Å²) in [5.74, 6) is 3.46. The maximum absolute atomic E-state index is 6.16. The van der Waals surface area contributed by atoms with Crippen molar-refractivity contribution in [3.63, 3.8) is 0 Å². The van der Waals surface area contributed by atoms with Gasteiger partial charge >= 0.3 is 0 Å². The minimum absolute atomic E-state index is 0.270. The molecule has 1 saturated heterocycles. The summed E-state index contributed by atoms with van der Waals surface area (Å²) in [5, 5.41) is 5.43. The highest BCUT2D eigenvalue weighted by Crippen LogP contribution is 2.41. The van der Waals surface area contributed by atoms with E-state index in [9.17, 15) is 0 Å². The van der Waals surface area contributed by atoms with Crippen molar-refractivity contribution in [2.45, 2.75) is 17.4 Å². The van der Waals surface area contributed by atoms with Gasteiger partial charge in [0.1, 0.15) is 0 Å². The van der Waals surface area contributed by atoms with Gasteiger partial charge in [0.25, 0.3) is 5.89 Å². The van der Waals surface area contributed by atoms with E-state index in [-0.39, 0.29) is 5.25 Å². The van der Waals surface area contributed by atoms with Gasteiger partial charge in [0, 0.05) is 22.4 Å². The van der Waals surface area contributed by atoms with E-state index >= 15 is 0 Å². The molecule has 1 aliphatic heterocycles. The monoisotopic (exact) mass is 327 g/mol. The zero-order chi connectivity index (χ0) is 14.1. The highest BCUT2D eigenvalue weighted by Gasteiger charge is 2.28. The van der Waals surface area contributed by atoms with E-state index in [0.717, 1.165) is 11.6 Å². The van der Waals surface area contributed by atoms with Gasteiger partial charge in [-0.3, -0.25) is 0 Å². The average molecular weight is 328 g/mol. The van der Waals surface area contributed by atoms with Crippen LogP contribution in [0.2, 0.25) is 5.02 Å². The standard InChI is InChI=1S/C13H14ClN3OS2/c1-7-11(20-5-4-19-7)12-16-13(18-17-12)9-6-8(15)2-3-10(9)14/h2-3,6-7,11H,4-5,15H2,1H3. The van der Waals surface area contributed by atoms with Gasteiger partial charge < -0.3 is 10.3 Å². The summed E-state index contributed by atoms with van der Waals surface area (Å²) in [7, 11) is 0. The molecule has 1 aromatic heterocycles. The number of hydrogen-bond acceptors (Lipinski definition) is 6. The molecular weight excluding hydrogens is 314 g/mol. The maximum atomic E-state index is 6.16. The van der Waals surface area contributed by atoms with Crippen LogP contribution < -0.4 is 5.73 Å². The smallest absolute Gasteiger partial charge is 0.259 e. The van der Waals surface area contributed by atoms with E-state index in [2.05, 4.69) is 17.1 Å². The molecule has 4 nitrogen and oxygen atoms in total. The van der Waals surface area contributed by atoms with Crippen molar-refractivity contribution >= 4 is 40.8 Å². The van der Waals surface area contributed by atoms with Crippen LogP contribution in [0.25, 0.3) is 11.5 Å². The average Bonchev–Trinajstić information content (AvgIpc) is 2.91. The van der Waals surface area contributed by atoms with Crippen LogP contribution in [-0.2, 0) is 0 Å². The van der Waals surface area contributed by atoms with Gasteiger partial charge in [0.15, 0.2) is 5.82 Å². The van der Waals surface area contributed by atoms with Gasteiger partial charge in [0.05, 0.1) is 15.8 Å². The first-order valence-electron chi connectivity index (χ1n) is 6.27. The Balaban J connectivity index is 1.91. The van der Waals surface area contributed by atoms with Crippen LogP contribution in [0.1, 0.15) is 18.0 Å². The van der Waals surface area contributed by atoms with E-state index in [1.165, 1.54) is 5.75 Å². The Labute approximate surface area is 130 Å². The molecule has 106 valence electrons. The van der Waals surface area contributed by atoms with Crippen molar-refractivity contribution in [3.05, 3.63) is 29.0 Å². The number of halogens is 1. The number of aromatic nitrogens is 2. The summed E-state index contributed by atoms with van der Waals surface area (Å²) in [6.45, 7) is 2.20. The van der Waals surface area contributed by atoms with E-state index in [1.54, 1.807) is 18.2 Å². The third-order valence-corrected chi connectivity index (χ3v) is 6.52. The Morgan fingerprint density at radius 3 is 2.95 bits per heavy atom. The Kier molecular flexibility index (Phi) is 4.14. The molecule has 1 aliphatic rings. The molecule has 0 radical (unpaired) electrons. The Bertz CT molecular complexity index is 619. The molecule has 2 atom stereocenters. The largest absolute Gasteiger partial charge is 0.399 e. The van der Waals surface area contributed by atoms with Crippen LogP contribution in [0, 0.1) is 0 Å². The van der Waals surface area contributed by atoms with Crippen molar-refractivity contribution in [3.8, 4) is 11.5 Å². The second-order valence-electron chi connectivity index (χ2n) is 4.56. The van der Waals surface area contributed by atoms with E-state index < -0.39 is 0 Å². The fraction of sp³-hybridized carbons (Fsp3) is 0.385. The molecule has 20 heavy (non-hydrogen) atoms. The van der Waals surface area contributed by atoms with Crippen LogP contribution in [0.15, 0.2) is 22.7 Å². The summed E-state index contributed by atoms with van der Waals surface area (Å²) in [5.41, 5.74) is 7.09. The first-order chi connectivity index (χ1) is 9.65. The highest BCUT2D eigenvalue weighted by molar-refractivity contribution is 8.06. The molecule has 2 unspecified atom stereocenters.